The van der Waals surface area contributed by atoms with Gasteiger partial charge in [0.1, 0.15) is 0 Å². The van der Waals surface area contributed by atoms with E-state index in [1.807, 2.05) is 18.7 Å². The van der Waals surface area contributed by atoms with Crippen molar-refractivity contribution in [3.8, 4) is 0 Å². The number of aromatic nitrogens is 2. The maximum atomic E-state index is 10.8. The van der Waals surface area contributed by atoms with Crippen LogP contribution in [0.1, 0.15) is 57.3 Å². The fourth-order valence-corrected chi connectivity index (χ4v) is 3.84. The highest BCUT2D eigenvalue weighted by Crippen LogP contribution is 2.46. The lowest BCUT2D eigenvalue weighted by Crippen LogP contribution is -2.36. The first kappa shape index (κ1) is 14.6. The quantitative estimate of drug-likeness (QED) is 0.886. The SMILES string of the molecule is Cc1cc(CC(O)C2(CC(C)C)CCCC2)n(C)n1. The summed E-state index contributed by atoms with van der Waals surface area (Å²) in [6.45, 7) is 6.54. The minimum absolute atomic E-state index is 0.145. The third kappa shape index (κ3) is 3.19. The molecule has 1 saturated carbocycles. The van der Waals surface area contributed by atoms with E-state index in [1.54, 1.807) is 0 Å². The molecule has 1 unspecified atom stereocenters. The van der Waals surface area contributed by atoms with Crippen LogP contribution in [0.3, 0.4) is 0 Å². The molecule has 1 heterocycles. The summed E-state index contributed by atoms with van der Waals surface area (Å²) < 4.78 is 1.91. The molecule has 1 N–H and O–H groups in total. The molecule has 1 aromatic heterocycles. The number of aliphatic hydroxyl groups is 1. The molecule has 3 heteroatoms. The molecule has 19 heavy (non-hydrogen) atoms. The van der Waals surface area contributed by atoms with E-state index < -0.39 is 0 Å². The molecule has 3 nitrogen and oxygen atoms in total. The Kier molecular flexibility index (Phi) is 4.34. The minimum Gasteiger partial charge on any atom is -0.392 e. The topological polar surface area (TPSA) is 38.0 Å². The monoisotopic (exact) mass is 264 g/mol. The Morgan fingerprint density at radius 1 is 1.37 bits per heavy atom. The second kappa shape index (κ2) is 5.66. The lowest BCUT2D eigenvalue weighted by Gasteiger charge is -2.36. The first-order valence-electron chi connectivity index (χ1n) is 7.60. The summed E-state index contributed by atoms with van der Waals surface area (Å²) in [7, 11) is 1.97. The number of nitrogens with zero attached hydrogens (tertiary/aromatic N) is 2. The van der Waals surface area contributed by atoms with Gasteiger partial charge in [0, 0.05) is 19.2 Å². The molecule has 1 atom stereocenters. The van der Waals surface area contributed by atoms with Gasteiger partial charge in [-0.3, -0.25) is 4.68 Å². The molecular weight excluding hydrogens is 236 g/mol. The van der Waals surface area contributed by atoms with Crippen LogP contribution in [-0.2, 0) is 13.5 Å². The Bertz CT molecular complexity index is 416. The van der Waals surface area contributed by atoms with E-state index in [0.717, 1.165) is 24.2 Å². The summed E-state index contributed by atoms with van der Waals surface area (Å²) in [5, 5.41) is 15.2. The summed E-state index contributed by atoms with van der Waals surface area (Å²) in [5.41, 5.74) is 2.33. The smallest absolute Gasteiger partial charge is 0.0651 e. The second-order valence-electron chi connectivity index (χ2n) is 6.79. The number of rotatable bonds is 5. The lowest BCUT2D eigenvalue weighted by atomic mass is 9.72. The molecule has 0 aromatic carbocycles. The molecule has 1 aliphatic rings. The molecule has 0 saturated heterocycles. The normalized spacial score (nSPS) is 20.1. The Balaban J connectivity index is 2.11. The molecule has 1 fully saturated rings. The highest BCUT2D eigenvalue weighted by molar-refractivity contribution is 5.11. The second-order valence-corrected chi connectivity index (χ2v) is 6.79. The van der Waals surface area contributed by atoms with E-state index in [4.69, 9.17) is 0 Å². The van der Waals surface area contributed by atoms with Gasteiger partial charge in [-0.1, -0.05) is 26.7 Å². The van der Waals surface area contributed by atoms with E-state index in [2.05, 4.69) is 25.0 Å². The largest absolute Gasteiger partial charge is 0.392 e. The highest BCUT2D eigenvalue weighted by atomic mass is 16.3. The van der Waals surface area contributed by atoms with Crippen molar-refractivity contribution in [3.05, 3.63) is 17.5 Å². The van der Waals surface area contributed by atoms with Crippen molar-refractivity contribution in [3.63, 3.8) is 0 Å². The Labute approximate surface area is 117 Å². The van der Waals surface area contributed by atoms with Crippen LogP contribution in [0.15, 0.2) is 6.07 Å². The van der Waals surface area contributed by atoms with Crippen LogP contribution in [0.5, 0.6) is 0 Å². The molecule has 0 aliphatic heterocycles. The third-order valence-corrected chi connectivity index (χ3v) is 4.62. The Morgan fingerprint density at radius 2 is 2.00 bits per heavy atom. The molecule has 1 aliphatic carbocycles. The maximum absolute atomic E-state index is 10.8. The standard InChI is InChI=1S/C16H28N2O/c1-12(2)11-16(7-5-6-8-16)15(19)10-14-9-13(3)17-18(14)4/h9,12,15,19H,5-8,10-11H2,1-4H3. The Morgan fingerprint density at radius 3 is 2.47 bits per heavy atom. The van der Waals surface area contributed by atoms with Gasteiger partial charge in [-0.15, -0.1) is 0 Å². The molecule has 0 radical (unpaired) electrons. The predicted molar refractivity (Wildman–Crippen MR) is 78.0 cm³/mol. The van der Waals surface area contributed by atoms with Crippen LogP contribution in [0.25, 0.3) is 0 Å². The van der Waals surface area contributed by atoms with Gasteiger partial charge in [-0.2, -0.15) is 5.10 Å². The first-order chi connectivity index (χ1) is 8.93. The van der Waals surface area contributed by atoms with E-state index in [9.17, 15) is 5.11 Å². The first-order valence-corrected chi connectivity index (χ1v) is 7.60. The van der Waals surface area contributed by atoms with Crippen LogP contribution in [-0.4, -0.2) is 21.0 Å². The van der Waals surface area contributed by atoms with Gasteiger partial charge in [0.05, 0.1) is 11.8 Å². The van der Waals surface area contributed by atoms with Gasteiger partial charge in [-0.25, -0.2) is 0 Å². The predicted octanol–water partition coefficient (Wildman–Crippen LogP) is 3.24. The zero-order chi connectivity index (χ0) is 14.0. The van der Waals surface area contributed by atoms with Crippen molar-refractivity contribution in [1.82, 2.24) is 9.78 Å². The van der Waals surface area contributed by atoms with Crippen molar-refractivity contribution in [2.45, 2.75) is 65.4 Å². The molecule has 0 spiro atoms. The minimum atomic E-state index is -0.229. The van der Waals surface area contributed by atoms with Gasteiger partial charge in [0.25, 0.3) is 0 Å². The fourth-order valence-electron chi connectivity index (χ4n) is 3.84. The van der Waals surface area contributed by atoms with Crippen molar-refractivity contribution >= 4 is 0 Å². The number of aliphatic hydroxyl groups excluding tert-OH is 1. The third-order valence-electron chi connectivity index (χ3n) is 4.62. The van der Waals surface area contributed by atoms with Crippen LogP contribution >= 0.6 is 0 Å². The van der Waals surface area contributed by atoms with Crippen molar-refractivity contribution in [2.24, 2.45) is 18.4 Å². The number of hydrogen-bond donors (Lipinski definition) is 1. The zero-order valence-corrected chi connectivity index (χ0v) is 12.8. The maximum Gasteiger partial charge on any atom is 0.0651 e. The van der Waals surface area contributed by atoms with Crippen molar-refractivity contribution < 1.29 is 5.11 Å². The van der Waals surface area contributed by atoms with Gasteiger partial charge in [0.15, 0.2) is 0 Å². The summed E-state index contributed by atoms with van der Waals surface area (Å²) in [6.07, 6.45) is 6.57. The molecule has 108 valence electrons. The summed E-state index contributed by atoms with van der Waals surface area (Å²) in [4.78, 5) is 0. The molecule has 1 aromatic rings. The average molecular weight is 264 g/mol. The van der Waals surface area contributed by atoms with E-state index >= 15 is 0 Å². The van der Waals surface area contributed by atoms with Crippen LogP contribution in [0.4, 0.5) is 0 Å². The van der Waals surface area contributed by atoms with Crippen LogP contribution in [0.2, 0.25) is 0 Å². The molecule has 0 amide bonds. The van der Waals surface area contributed by atoms with Crippen LogP contribution in [0, 0.1) is 18.3 Å². The van der Waals surface area contributed by atoms with Gasteiger partial charge >= 0.3 is 0 Å². The fraction of sp³-hybridized carbons (Fsp3) is 0.812. The highest BCUT2D eigenvalue weighted by Gasteiger charge is 2.40. The molecule has 0 bridgehead atoms. The van der Waals surface area contributed by atoms with E-state index in [0.29, 0.717) is 5.92 Å². The van der Waals surface area contributed by atoms with Gasteiger partial charge in [0.2, 0.25) is 0 Å². The lowest BCUT2D eigenvalue weighted by molar-refractivity contribution is 0.0122. The van der Waals surface area contributed by atoms with E-state index in [1.165, 1.54) is 25.7 Å². The Hall–Kier alpha value is -0.830. The van der Waals surface area contributed by atoms with Crippen molar-refractivity contribution in [2.75, 3.05) is 0 Å². The van der Waals surface area contributed by atoms with Gasteiger partial charge < -0.3 is 5.11 Å². The van der Waals surface area contributed by atoms with Crippen LogP contribution < -0.4 is 0 Å². The molecule has 2 rings (SSSR count). The number of hydrogen-bond acceptors (Lipinski definition) is 2. The summed E-state index contributed by atoms with van der Waals surface area (Å²) >= 11 is 0. The number of aryl methyl sites for hydroxylation is 2. The van der Waals surface area contributed by atoms with Crippen molar-refractivity contribution in [1.29, 1.82) is 0 Å². The van der Waals surface area contributed by atoms with Gasteiger partial charge in [-0.05, 0) is 43.6 Å². The average Bonchev–Trinajstić information content (AvgIpc) is 2.87. The summed E-state index contributed by atoms with van der Waals surface area (Å²) in [6, 6.07) is 2.10. The van der Waals surface area contributed by atoms with E-state index in [-0.39, 0.29) is 11.5 Å². The zero-order valence-electron chi connectivity index (χ0n) is 12.8. The summed E-state index contributed by atoms with van der Waals surface area (Å²) in [5.74, 6) is 0.654. The molecular formula is C16H28N2O.